The van der Waals surface area contributed by atoms with Gasteiger partial charge in [0.25, 0.3) is 23.0 Å². The Bertz CT molecular complexity index is 1890. The van der Waals surface area contributed by atoms with Crippen LogP contribution in [0.1, 0.15) is 5.76 Å². The number of aromatic hydroxyl groups is 1. The quantitative estimate of drug-likeness (QED) is 0.134. The molecule has 22 nitrogen and oxygen atoms in total. The standard InChI is InChI=1S/C21H22FN9O13P2/c22-6-1-30(16-9(6)15(23)25-4-26-16)19-12(33)13-8(42-19)3-40-46(37,38)44-14-11(32)7(2-39-45(35,36)43-13)41-20(14)31-5-27-10-17(31)28-21(24)29-18(10)34/h1-2,5,9,11,15-16,25-26,32,35-38H,3-4,23H2,(H2-2,24,28,29,33,34)/p+2/b7-2+/t9?,11-,15?,16?/m1/s1. The fourth-order valence-electron chi connectivity index (χ4n) is 5.06. The van der Waals surface area contributed by atoms with Crippen LogP contribution in [0.2, 0.25) is 0 Å². The number of nitrogen functional groups attached to an aromatic ring is 1. The number of furan rings is 1. The predicted molar refractivity (Wildman–Crippen MR) is 150 cm³/mol. The van der Waals surface area contributed by atoms with Gasteiger partial charge >= 0.3 is 16.3 Å². The maximum atomic E-state index is 14.9. The summed E-state index contributed by atoms with van der Waals surface area (Å²) in [7, 11) is -10.0. The van der Waals surface area contributed by atoms with E-state index in [2.05, 4.69) is 25.6 Å². The van der Waals surface area contributed by atoms with Crippen molar-refractivity contribution in [2.24, 2.45) is 11.7 Å². The minimum atomic E-state index is -5.02. The van der Waals surface area contributed by atoms with E-state index in [1.54, 1.807) is 0 Å². The first kappa shape index (κ1) is 30.5. The van der Waals surface area contributed by atoms with Gasteiger partial charge in [-0.1, -0.05) is 0 Å². The highest BCUT2D eigenvalue weighted by atomic mass is 31.2. The van der Waals surface area contributed by atoms with E-state index in [4.69, 9.17) is 38.7 Å². The number of hydrogen-bond donors (Lipinski definition) is 11. The molecule has 2 bridgehead atoms. The van der Waals surface area contributed by atoms with Crippen molar-refractivity contribution in [1.82, 2.24) is 30.2 Å². The molecule has 1 saturated heterocycles. The van der Waals surface area contributed by atoms with Crippen LogP contribution in [0.15, 0.2) is 45.3 Å². The van der Waals surface area contributed by atoms with E-state index in [-0.39, 0.29) is 23.8 Å². The van der Waals surface area contributed by atoms with E-state index in [0.717, 1.165) is 22.0 Å². The van der Waals surface area contributed by atoms with Crippen molar-refractivity contribution in [2.75, 3.05) is 17.3 Å². The number of anilines is 2. The number of H-pyrrole nitrogens is 1. The van der Waals surface area contributed by atoms with Gasteiger partial charge in [-0.2, -0.15) is 24.6 Å². The van der Waals surface area contributed by atoms with Crippen LogP contribution < -0.4 is 37.1 Å². The number of nitrogens with one attached hydrogen (secondary N) is 3. The molecule has 4 atom stereocenters. The smallest absolute Gasteiger partial charge is 0.500 e. The van der Waals surface area contributed by atoms with Crippen molar-refractivity contribution in [3.05, 3.63) is 52.2 Å². The number of halogens is 1. The van der Waals surface area contributed by atoms with Crippen molar-refractivity contribution >= 4 is 45.2 Å². The van der Waals surface area contributed by atoms with Gasteiger partial charge in [0, 0.05) is 12.9 Å². The predicted octanol–water partition coefficient (Wildman–Crippen LogP) is -1.67. The molecule has 0 amide bonds. The van der Waals surface area contributed by atoms with Gasteiger partial charge in [-0.05, 0) is 0 Å². The van der Waals surface area contributed by atoms with Crippen LogP contribution in [0, 0.1) is 5.92 Å². The molecule has 46 heavy (non-hydrogen) atoms. The summed E-state index contributed by atoms with van der Waals surface area (Å²) in [6.07, 6.45) is -1.16. The molecule has 3 aromatic rings. The Kier molecular flexibility index (Phi) is 7.11. The second-order valence-electron chi connectivity index (χ2n) is 9.99. The number of aromatic nitrogens is 4. The molecule has 0 aliphatic carbocycles. The summed E-state index contributed by atoms with van der Waals surface area (Å²) in [6, 6.07) is 0. The summed E-state index contributed by atoms with van der Waals surface area (Å²) in [4.78, 5) is 66.2. The fraction of sp³-hybridized carbons (Fsp3) is 0.286. The molecule has 13 N–H and O–H groups in total. The summed E-state index contributed by atoms with van der Waals surface area (Å²) >= 11 is 0. The molecule has 3 unspecified atom stereocenters. The zero-order valence-electron chi connectivity index (χ0n) is 22.7. The Morgan fingerprint density at radius 3 is 2.72 bits per heavy atom. The van der Waals surface area contributed by atoms with Crippen molar-refractivity contribution in [3.63, 3.8) is 0 Å². The molecule has 4 aliphatic rings. The van der Waals surface area contributed by atoms with Crippen LogP contribution >= 0.6 is 16.3 Å². The molecule has 7 rings (SSSR count). The van der Waals surface area contributed by atoms with E-state index in [1.165, 1.54) is 0 Å². The Morgan fingerprint density at radius 1 is 1.15 bits per heavy atom. The lowest BCUT2D eigenvalue weighted by molar-refractivity contribution is 0.102. The minimum Gasteiger partial charge on any atom is -0.500 e. The van der Waals surface area contributed by atoms with E-state index in [0.29, 0.717) is 6.26 Å². The molecule has 25 heteroatoms. The van der Waals surface area contributed by atoms with Crippen molar-refractivity contribution in [1.29, 1.82) is 0 Å². The van der Waals surface area contributed by atoms with Gasteiger partial charge in [-0.25, -0.2) is 18.5 Å². The number of fused-ring (bicyclic) bond motifs is 5. The summed E-state index contributed by atoms with van der Waals surface area (Å²) in [5.74, 6) is -6.47. The number of nitrogens with zero attached hydrogens (tertiary/aromatic N) is 4. The van der Waals surface area contributed by atoms with Crippen LogP contribution in [-0.2, 0) is 24.9 Å². The highest BCUT2D eigenvalue weighted by molar-refractivity contribution is 7.55. The van der Waals surface area contributed by atoms with Gasteiger partial charge in [-0.3, -0.25) is 34.4 Å². The zero-order chi connectivity index (χ0) is 32.7. The van der Waals surface area contributed by atoms with E-state index >= 15 is 0 Å². The Labute approximate surface area is 254 Å². The molecular weight excluding hydrogens is 667 g/mol. The summed E-state index contributed by atoms with van der Waals surface area (Å²) in [5, 5.41) is 27.7. The molecule has 1 fully saturated rings. The Morgan fingerprint density at radius 2 is 1.93 bits per heavy atom. The lowest BCUT2D eigenvalue weighted by Crippen LogP contribution is -2.63. The van der Waals surface area contributed by atoms with Crippen LogP contribution in [-0.4, -0.2) is 74.4 Å². The van der Waals surface area contributed by atoms with Crippen molar-refractivity contribution in [3.8, 4) is 11.5 Å². The molecule has 3 aromatic heterocycles. The van der Waals surface area contributed by atoms with Crippen LogP contribution in [0.3, 0.4) is 0 Å². The second kappa shape index (κ2) is 10.7. The number of nitrogens with two attached hydrogens (primary N) is 2. The highest BCUT2D eigenvalue weighted by Crippen LogP contribution is 2.61. The minimum absolute atomic E-state index is 0.158. The van der Waals surface area contributed by atoms with Gasteiger partial charge in [0.05, 0.1) is 12.1 Å². The van der Waals surface area contributed by atoms with Gasteiger partial charge in [0.1, 0.15) is 18.3 Å². The maximum Gasteiger partial charge on any atom is 0.663 e. The largest absolute Gasteiger partial charge is 0.663 e. The molecule has 0 radical (unpaired) electrons. The third kappa shape index (κ3) is 5.09. The first-order valence-electron chi connectivity index (χ1n) is 12.9. The van der Waals surface area contributed by atoms with Gasteiger partial charge in [0.15, 0.2) is 41.7 Å². The first-order valence-corrected chi connectivity index (χ1v) is 16.0. The molecule has 0 saturated carbocycles. The number of imidazole rings is 1. The normalized spacial score (nSPS) is 28.3. The Balaban J connectivity index is 1.27. The van der Waals surface area contributed by atoms with Gasteiger partial charge < -0.3 is 30.8 Å². The van der Waals surface area contributed by atoms with Crippen LogP contribution in [0.25, 0.3) is 17.0 Å². The third-order valence-corrected chi connectivity index (χ3v) is 8.77. The molecule has 4 aliphatic heterocycles. The first-order chi connectivity index (χ1) is 21.7. The Hall–Kier alpha value is -4.12. The summed E-state index contributed by atoms with van der Waals surface area (Å²) in [6.45, 7) is -0.821. The SMILES string of the molecule is Nc1nc2c(ncn2C2=C3O[P+](O)(O)OCc4oc(N5C=C(F)C6C(N)NCNC65)c(O)c4O[P+](O)(O)O/C=C(/O2)[C@H]3O)c(=O)[nH]1. The molecule has 0 aromatic carbocycles. The molecule has 246 valence electrons. The number of hydrogen-bond acceptors (Lipinski definition) is 20. The average molecular weight is 691 g/mol. The monoisotopic (exact) mass is 691 g/mol. The number of aliphatic hydroxyl groups excluding tert-OH is 1. The fourth-order valence-corrected chi connectivity index (χ4v) is 6.54. The molecular formula is C21H24FN9O13P2+2. The third-order valence-electron chi connectivity index (χ3n) is 7.07. The summed E-state index contributed by atoms with van der Waals surface area (Å²) in [5.41, 5.74) is 10.5. The number of rotatable bonds is 2. The topological polar surface area (TPSA) is 324 Å². The average Bonchev–Trinajstić information content (AvgIpc) is 3.71. The van der Waals surface area contributed by atoms with Crippen LogP contribution in [0.5, 0.6) is 11.5 Å². The van der Waals surface area contributed by atoms with Crippen molar-refractivity contribution < 1.29 is 61.4 Å². The summed E-state index contributed by atoms with van der Waals surface area (Å²) < 4.78 is 47.5. The van der Waals surface area contributed by atoms with Crippen LogP contribution in [0.4, 0.5) is 16.2 Å². The van der Waals surface area contributed by atoms with Gasteiger partial charge in [-0.15, -0.1) is 4.52 Å². The second-order valence-corrected chi connectivity index (χ2v) is 12.8. The van der Waals surface area contributed by atoms with Gasteiger partial charge in [0.2, 0.25) is 17.6 Å². The van der Waals surface area contributed by atoms with Crippen molar-refractivity contribution in [2.45, 2.75) is 25.0 Å². The number of aromatic amines is 1. The zero-order valence-corrected chi connectivity index (χ0v) is 24.5. The van der Waals surface area contributed by atoms with E-state index in [9.17, 15) is 39.0 Å². The molecule has 0 spiro atoms. The van der Waals surface area contributed by atoms with E-state index < -0.39 is 99.2 Å². The van der Waals surface area contributed by atoms with E-state index in [1.807, 2.05) is 0 Å². The molecule has 7 heterocycles. The lowest BCUT2D eigenvalue weighted by atomic mass is 10.0. The lowest BCUT2D eigenvalue weighted by Gasteiger charge is -2.36. The maximum absolute atomic E-state index is 14.9. The number of aliphatic hydroxyl groups is 1. The number of ether oxygens (including phenoxy) is 1. The highest BCUT2D eigenvalue weighted by Gasteiger charge is 2.53.